The van der Waals surface area contributed by atoms with Crippen LogP contribution in [0.25, 0.3) is 0 Å². The van der Waals surface area contributed by atoms with Crippen LogP contribution in [0.1, 0.15) is 40.7 Å². The molecule has 1 aliphatic rings. The first kappa shape index (κ1) is 21.9. The third-order valence-electron chi connectivity index (χ3n) is 3.68. The Hall–Kier alpha value is -0.417. The van der Waals surface area contributed by atoms with E-state index in [-0.39, 0.29) is 41.1 Å². The van der Waals surface area contributed by atoms with Crippen molar-refractivity contribution in [3.05, 3.63) is 73.0 Å². The summed E-state index contributed by atoms with van der Waals surface area (Å²) >= 11 is 0. The van der Waals surface area contributed by atoms with Crippen LogP contribution in [0, 0.1) is 35.6 Å². The molecule has 0 atom stereocenters. The van der Waals surface area contributed by atoms with E-state index in [1.165, 1.54) is 42.4 Å². The van der Waals surface area contributed by atoms with Crippen LogP contribution in [0.2, 0.25) is 0 Å². The predicted molar refractivity (Wildman–Crippen MR) is 87.8 cm³/mol. The number of aryl methyl sites for hydroxylation is 3. The first-order valence-corrected chi connectivity index (χ1v) is 6.61. The molecule has 3 rings (SSSR count). The van der Waals surface area contributed by atoms with Gasteiger partial charge < -0.3 is 14.9 Å². The van der Waals surface area contributed by atoms with Gasteiger partial charge in [-0.1, -0.05) is 46.5 Å². The molecule has 1 aliphatic carbocycles. The van der Waals surface area contributed by atoms with Crippen LogP contribution in [0.4, 0.5) is 0 Å². The minimum absolute atomic E-state index is 0. The Balaban J connectivity index is 0. The van der Waals surface area contributed by atoms with Gasteiger partial charge in [-0.15, -0.1) is 0 Å². The molecule has 0 amide bonds. The quantitative estimate of drug-likeness (QED) is 0.551. The van der Waals surface area contributed by atoms with E-state index < -0.39 is 0 Å². The van der Waals surface area contributed by atoms with E-state index in [9.17, 15) is 0 Å². The molecular formula is C19H28Zr. The zero-order valence-electron chi connectivity index (χ0n) is 13.7. The maximum Gasteiger partial charge on any atom is 4.00 e. The number of hydrogen-bond donors (Lipinski definition) is 0. The average molecular weight is 348 g/mol. The minimum Gasteiger partial charge on any atom is -0.358 e. The summed E-state index contributed by atoms with van der Waals surface area (Å²) in [5.41, 5.74) is 7.71. The van der Waals surface area contributed by atoms with Crippen LogP contribution >= 0.6 is 0 Å². The molecule has 0 spiro atoms. The second kappa shape index (κ2) is 10.3. The SMILES string of the molecule is C[c-]1cccc1.Cc1c[c-](C)c2c1CCCC2.[CH3-].[CH3-].[Zr+4]. The molecule has 108 valence electrons. The maximum atomic E-state index is 2.34. The fourth-order valence-corrected chi connectivity index (χ4v) is 2.74. The zero-order valence-corrected chi connectivity index (χ0v) is 16.2. The molecule has 0 heterocycles. The summed E-state index contributed by atoms with van der Waals surface area (Å²) in [5.74, 6) is 0. The maximum absolute atomic E-state index is 2.34. The van der Waals surface area contributed by atoms with Crippen molar-refractivity contribution in [1.29, 1.82) is 0 Å². The van der Waals surface area contributed by atoms with E-state index in [0.29, 0.717) is 0 Å². The largest absolute Gasteiger partial charge is 4.00 e. The van der Waals surface area contributed by atoms with Gasteiger partial charge in [0, 0.05) is 0 Å². The van der Waals surface area contributed by atoms with Crippen LogP contribution in [0.15, 0.2) is 30.3 Å². The second-order valence-corrected chi connectivity index (χ2v) is 5.14. The van der Waals surface area contributed by atoms with Crippen molar-refractivity contribution in [2.75, 3.05) is 0 Å². The number of rotatable bonds is 0. The predicted octanol–water partition coefficient (Wildman–Crippen LogP) is 5.51. The molecule has 2 aromatic rings. The molecule has 0 bridgehead atoms. The molecule has 0 saturated carbocycles. The average Bonchev–Trinajstić information content (AvgIpc) is 2.90. The van der Waals surface area contributed by atoms with E-state index in [4.69, 9.17) is 0 Å². The van der Waals surface area contributed by atoms with Gasteiger partial charge in [0.15, 0.2) is 0 Å². The Morgan fingerprint density at radius 1 is 0.950 bits per heavy atom. The zero-order chi connectivity index (χ0) is 12.3. The normalized spacial score (nSPS) is 11.8. The molecule has 0 aliphatic heterocycles. The Kier molecular flexibility index (Phi) is 11.3. The van der Waals surface area contributed by atoms with Gasteiger partial charge >= 0.3 is 26.2 Å². The molecule has 0 fully saturated rings. The molecule has 0 nitrogen and oxygen atoms in total. The van der Waals surface area contributed by atoms with Crippen molar-refractivity contribution < 1.29 is 26.2 Å². The summed E-state index contributed by atoms with van der Waals surface area (Å²) < 4.78 is 0. The summed E-state index contributed by atoms with van der Waals surface area (Å²) in [6.45, 7) is 6.58. The van der Waals surface area contributed by atoms with E-state index >= 15 is 0 Å². The van der Waals surface area contributed by atoms with Gasteiger partial charge in [0.1, 0.15) is 0 Å². The Bertz CT molecular complexity index is 434. The van der Waals surface area contributed by atoms with Crippen LogP contribution in [0.5, 0.6) is 0 Å². The van der Waals surface area contributed by atoms with Gasteiger partial charge in [0.25, 0.3) is 0 Å². The van der Waals surface area contributed by atoms with Gasteiger partial charge in [-0.05, 0) is 0 Å². The van der Waals surface area contributed by atoms with Gasteiger partial charge in [0.05, 0.1) is 0 Å². The topological polar surface area (TPSA) is 0 Å². The van der Waals surface area contributed by atoms with Crippen molar-refractivity contribution in [2.24, 2.45) is 0 Å². The van der Waals surface area contributed by atoms with Crippen molar-refractivity contribution in [3.8, 4) is 0 Å². The van der Waals surface area contributed by atoms with Crippen LogP contribution < -0.4 is 0 Å². The summed E-state index contributed by atoms with van der Waals surface area (Å²) in [4.78, 5) is 0. The fourth-order valence-electron chi connectivity index (χ4n) is 2.74. The van der Waals surface area contributed by atoms with E-state index in [1.807, 2.05) is 12.1 Å². The van der Waals surface area contributed by atoms with E-state index in [1.54, 1.807) is 11.1 Å². The summed E-state index contributed by atoms with van der Waals surface area (Å²) in [6, 6.07) is 10.6. The monoisotopic (exact) mass is 346 g/mol. The smallest absolute Gasteiger partial charge is 0.358 e. The molecule has 0 aromatic heterocycles. The Labute approximate surface area is 145 Å². The molecule has 20 heavy (non-hydrogen) atoms. The van der Waals surface area contributed by atoms with Gasteiger partial charge in [-0.25, -0.2) is 12.1 Å². The van der Waals surface area contributed by atoms with Crippen molar-refractivity contribution >= 4 is 0 Å². The molecule has 0 radical (unpaired) electrons. The molecule has 0 saturated heterocycles. The number of fused-ring (bicyclic) bond motifs is 1. The first-order chi connectivity index (χ1) is 8.18. The number of hydrogen-bond acceptors (Lipinski definition) is 0. The fraction of sp³-hybridized carbons (Fsp3) is 0.368. The Morgan fingerprint density at radius 3 is 1.95 bits per heavy atom. The van der Waals surface area contributed by atoms with Gasteiger partial charge in [0.2, 0.25) is 0 Å². The van der Waals surface area contributed by atoms with Crippen LogP contribution in [-0.4, -0.2) is 0 Å². The molecular weight excluding hydrogens is 319 g/mol. The van der Waals surface area contributed by atoms with Crippen molar-refractivity contribution in [3.63, 3.8) is 0 Å². The first-order valence-electron chi connectivity index (χ1n) is 6.61. The van der Waals surface area contributed by atoms with Crippen molar-refractivity contribution in [1.82, 2.24) is 0 Å². The van der Waals surface area contributed by atoms with Crippen LogP contribution in [0.3, 0.4) is 0 Å². The minimum atomic E-state index is 0. The standard InChI is InChI=1S/C11H15.C6H7.2CH3.Zr/c1-8-7-9(2)11-6-4-3-5-10(8)11;1-6-4-2-3-5-6;;;/h7H,3-6H2,1-2H3;2-5H,1H3;2*1H3;/q4*-1;+4. The van der Waals surface area contributed by atoms with Gasteiger partial charge in [-0.2, -0.15) is 46.0 Å². The third-order valence-corrected chi connectivity index (χ3v) is 3.68. The third kappa shape index (κ3) is 5.53. The molecule has 0 N–H and O–H groups in total. The van der Waals surface area contributed by atoms with Gasteiger partial charge in [-0.3, -0.25) is 0 Å². The second-order valence-electron chi connectivity index (χ2n) is 5.14. The summed E-state index contributed by atoms with van der Waals surface area (Å²) in [7, 11) is 0. The van der Waals surface area contributed by atoms with E-state index in [0.717, 1.165) is 0 Å². The molecule has 1 heteroatoms. The Morgan fingerprint density at radius 2 is 1.50 bits per heavy atom. The summed E-state index contributed by atoms with van der Waals surface area (Å²) in [5, 5.41) is 0. The van der Waals surface area contributed by atoms with Crippen LogP contribution in [-0.2, 0) is 39.0 Å². The van der Waals surface area contributed by atoms with E-state index in [2.05, 4.69) is 39.0 Å². The summed E-state index contributed by atoms with van der Waals surface area (Å²) in [6.07, 6.45) is 5.46. The van der Waals surface area contributed by atoms with Crippen molar-refractivity contribution in [2.45, 2.75) is 46.5 Å². The molecule has 0 unspecified atom stereocenters. The molecule has 2 aromatic carbocycles.